The molecule has 1 fully saturated rings. The lowest BCUT2D eigenvalue weighted by atomic mass is 9.80. The van der Waals surface area contributed by atoms with Crippen LogP contribution in [0.4, 0.5) is 4.39 Å². The zero-order valence-electron chi connectivity index (χ0n) is 12.5. The first-order valence-corrected chi connectivity index (χ1v) is 8.82. The lowest BCUT2D eigenvalue weighted by Crippen LogP contribution is -2.42. The Labute approximate surface area is 126 Å². The number of nitrogens with one attached hydrogen (secondary N) is 1. The van der Waals surface area contributed by atoms with Crippen molar-refractivity contribution in [1.82, 2.24) is 4.72 Å². The van der Waals surface area contributed by atoms with E-state index in [1.54, 1.807) is 0 Å². The molecule has 0 aromatic heterocycles. The van der Waals surface area contributed by atoms with Crippen molar-refractivity contribution in [1.29, 1.82) is 0 Å². The van der Waals surface area contributed by atoms with Crippen molar-refractivity contribution in [3.63, 3.8) is 0 Å². The van der Waals surface area contributed by atoms with E-state index in [0.29, 0.717) is 11.5 Å². The van der Waals surface area contributed by atoms with E-state index in [1.165, 1.54) is 12.1 Å². The van der Waals surface area contributed by atoms with E-state index in [2.05, 4.69) is 18.6 Å². The normalized spacial score (nSPS) is 26.8. The molecule has 2 rings (SSSR count). The predicted octanol–water partition coefficient (Wildman–Crippen LogP) is 2.39. The molecular formula is C15H23FN2O2S. The van der Waals surface area contributed by atoms with E-state index >= 15 is 0 Å². The first kappa shape index (κ1) is 16.4. The van der Waals surface area contributed by atoms with Crippen LogP contribution in [0.15, 0.2) is 23.1 Å². The third kappa shape index (κ3) is 3.81. The van der Waals surface area contributed by atoms with Gasteiger partial charge in [0, 0.05) is 12.6 Å². The average Bonchev–Trinajstić information content (AvgIpc) is 2.42. The first-order valence-electron chi connectivity index (χ1n) is 7.34. The number of hydrogen-bond donors (Lipinski definition) is 2. The lowest BCUT2D eigenvalue weighted by molar-refractivity contribution is 0.249. The van der Waals surface area contributed by atoms with Gasteiger partial charge in [-0.15, -0.1) is 0 Å². The fraction of sp³-hybridized carbons (Fsp3) is 0.600. The molecule has 1 aliphatic rings. The van der Waals surface area contributed by atoms with Crippen LogP contribution < -0.4 is 10.5 Å². The van der Waals surface area contributed by atoms with Gasteiger partial charge in [0.15, 0.2) is 0 Å². The quantitative estimate of drug-likeness (QED) is 0.896. The molecule has 0 heterocycles. The summed E-state index contributed by atoms with van der Waals surface area (Å²) < 4.78 is 41.2. The fourth-order valence-corrected chi connectivity index (χ4v) is 4.69. The maximum absolute atomic E-state index is 13.4. The van der Waals surface area contributed by atoms with Crippen LogP contribution in [0.3, 0.4) is 0 Å². The van der Waals surface area contributed by atoms with Crippen molar-refractivity contribution in [2.45, 2.75) is 50.6 Å². The first-order chi connectivity index (χ1) is 9.83. The number of hydrogen-bond acceptors (Lipinski definition) is 3. The Morgan fingerprint density at radius 1 is 1.33 bits per heavy atom. The Hall–Kier alpha value is -0.980. The van der Waals surface area contributed by atoms with E-state index in [4.69, 9.17) is 5.73 Å². The molecular weight excluding hydrogens is 291 g/mol. The van der Waals surface area contributed by atoms with Crippen molar-refractivity contribution >= 4 is 10.0 Å². The van der Waals surface area contributed by atoms with E-state index in [0.717, 1.165) is 25.3 Å². The number of sulfonamides is 1. The molecule has 4 nitrogen and oxygen atoms in total. The van der Waals surface area contributed by atoms with Gasteiger partial charge in [-0.1, -0.05) is 19.9 Å². The number of halogens is 1. The van der Waals surface area contributed by atoms with Crippen LogP contribution in [0.1, 0.15) is 38.7 Å². The summed E-state index contributed by atoms with van der Waals surface area (Å²) in [4.78, 5) is -0.0455. The smallest absolute Gasteiger partial charge is 0.241 e. The van der Waals surface area contributed by atoms with Crippen LogP contribution >= 0.6 is 0 Å². The molecule has 0 radical (unpaired) electrons. The summed E-state index contributed by atoms with van der Waals surface area (Å²) in [5.74, 6) is 0.325. The molecule has 3 atom stereocenters. The molecule has 1 aliphatic carbocycles. The number of rotatable bonds is 4. The van der Waals surface area contributed by atoms with Crippen LogP contribution in [0, 0.1) is 17.7 Å². The van der Waals surface area contributed by atoms with E-state index in [-0.39, 0.29) is 23.4 Å². The Balaban J connectivity index is 2.24. The van der Waals surface area contributed by atoms with Crippen LogP contribution in [0.2, 0.25) is 0 Å². The maximum atomic E-state index is 13.4. The zero-order chi connectivity index (χ0) is 15.6. The number of nitrogens with two attached hydrogens (primary N) is 1. The van der Waals surface area contributed by atoms with Crippen LogP contribution in [-0.2, 0) is 16.6 Å². The van der Waals surface area contributed by atoms with Gasteiger partial charge in [0.25, 0.3) is 0 Å². The second kappa shape index (κ2) is 6.42. The van der Waals surface area contributed by atoms with Crippen molar-refractivity contribution in [2.75, 3.05) is 0 Å². The van der Waals surface area contributed by atoms with Gasteiger partial charge >= 0.3 is 0 Å². The minimum absolute atomic E-state index is 0.0455. The zero-order valence-corrected chi connectivity index (χ0v) is 13.3. The third-order valence-corrected chi connectivity index (χ3v) is 5.85. The van der Waals surface area contributed by atoms with E-state index < -0.39 is 15.8 Å². The summed E-state index contributed by atoms with van der Waals surface area (Å²) >= 11 is 0. The molecule has 1 saturated carbocycles. The molecule has 21 heavy (non-hydrogen) atoms. The summed E-state index contributed by atoms with van der Waals surface area (Å²) in [6, 6.07) is 3.60. The summed E-state index contributed by atoms with van der Waals surface area (Å²) in [5, 5.41) is 0. The predicted molar refractivity (Wildman–Crippen MR) is 80.6 cm³/mol. The highest BCUT2D eigenvalue weighted by atomic mass is 32.2. The van der Waals surface area contributed by atoms with Crippen LogP contribution in [-0.4, -0.2) is 14.5 Å². The fourth-order valence-electron chi connectivity index (χ4n) is 3.05. The topological polar surface area (TPSA) is 72.2 Å². The third-order valence-electron chi connectivity index (χ3n) is 4.28. The minimum atomic E-state index is -3.75. The molecule has 0 amide bonds. The minimum Gasteiger partial charge on any atom is -0.326 e. The lowest BCUT2D eigenvalue weighted by Gasteiger charge is -2.33. The Morgan fingerprint density at radius 2 is 2.05 bits per heavy atom. The summed E-state index contributed by atoms with van der Waals surface area (Å²) in [7, 11) is -3.75. The molecule has 0 spiro atoms. The molecule has 1 aromatic carbocycles. The highest BCUT2D eigenvalue weighted by Gasteiger charge is 2.30. The molecule has 6 heteroatoms. The van der Waals surface area contributed by atoms with Gasteiger partial charge in [0.05, 0.1) is 4.90 Å². The van der Waals surface area contributed by atoms with Gasteiger partial charge in [-0.05, 0) is 48.8 Å². The molecule has 0 saturated heterocycles. The van der Waals surface area contributed by atoms with Gasteiger partial charge in [-0.3, -0.25) is 0 Å². The summed E-state index contributed by atoms with van der Waals surface area (Å²) in [6.07, 6.45) is 2.82. The Morgan fingerprint density at radius 3 is 2.67 bits per heavy atom. The molecule has 118 valence electrons. The summed E-state index contributed by atoms with van der Waals surface area (Å²) in [6.45, 7) is 4.30. The van der Waals surface area contributed by atoms with Crippen molar-refractivity contribution < 1.29 is 12.8 Å². The Bertz CT molecular complexity index is 604. The van der Waals surface area contributed by atoms with Crippen molar-refractivity contribution in [3.8, 4) is 0 Å². The Kier molecular flexibility index (Phi) is 5.01. The largest absolute Gasteiger partial charge is 0.326 e. The molecule has 0 bridgehead atoms. The van der Waals surface area contributed by atoms with E-state index in [9.17, 15) is 12.8 Å². The second-order valence-corrected chi connectivity index (χ2v) is 7.76. The molecule has 1 aromatic rings. The highest BCUT2D eigenvalue weighted by Crippen LogP contribution is 2.30. The van der Waals surface area contributed by atoms with Crippen LogP contribution in [0.25, 0.3) is 0 Å². The van der Waals surface area contributed by atoms with Gasteiger partial charge in [-0.2, -0.15) is 0 Å². The average molecular weight is 314 g/mol. The monoisotopic (exact) mass is 314 g/mol. The van der Waals surface area contributed by atoms with Gasteiger partial charge in [0.2, 0.25) is 10.0 Å². The highest BCUT2D eigenvalue weighted by molar-refractivity contribution is 7.89. The van der Waals surface area contributed by atoms with Crippen molar-refractivity contribution in [3.05, 3.63) is 29.6 Å². The standard InChI is InChI=1S/C15H23FN2O2S/c1-10-3-6-14(11(2)7-10)18-21(19,20)15-8-13(16)5-4-12(15)9-17/h4-5,8,10-11,14,18H,3,6-7,9,17H2,1-2H3. The van der Waals surface area contributed by atoms with Gasteiger partial charge in [-0.25, -0.2) is 17.5 Å². The second-order valence-electron chi connectivity index (χ2n) is 6.08. The molecule has 0 aliphatic heterocycles. The van der Waals surface area contributed by atoms with Gasteiger partial charge in [0.1, 0.15) is 5.82 Å². The molecule has 3 unspecified atom stereocenters. The van der Waals surface area contributed by atoms with Crippen LogP contribution in [0.5, 0.6) is 0 Å². The summed E-state index contributed by atoms with van der Waals surface area (Å²) in [5.41, 5.74) is 5.99. The number of benzene rings is 1. The van der Waals surface area contributed by atoms with E-state index in [1.807, 2.05) is 0 Å². The van der Waals surface area contributed by atoms with Gasteiger partial charge < -0.3 is 5.73 Å². The molecule has 3 N–H and O–H groups in total. The van der Waals surface area contributed by atoms with Crippen molar-refractivity contribution in [2.24, 2.45) is 17.6 Å². The SMILES string of the molecule is CC1CCC(NS(=O)(=O)c2cc(F)ccc2CN)C(C)C1. The maximum Gasteiger partial charge on any atom is 0.241 e.